The van der Waals surface area contributed by atoms with Gasteiger partial charge in [0.05, 0.1) is 19.3 Å². The lowest BCUT2D eigenvalue weighted by Gasteiger charge is -2.11. The van der Waals surface area contributed by atoms with E-state index in [0.717, 1.165) is 31.3 Å². The molecule has 0 aliphatic heterocycles. The summed E-state index contributed by atoms with van der Waals surface area (Å²) in [6.45, 7) is 4.38. The van der Waals surface area contributed by atoms with Gasteiger partial charge in [0, 0.05) is 13.6 Å². The lowest BCUT2D eigenvalue weighted by Crippen LogP contribution is -2.23. The first-order chi connectivity index (χ1) is 8.27. The standard InChI is InChI=1S/C12H22N4O/c1-10-14-15-12(16(10)2)9-13-7-8-17-11-5-3-4-6-11/h11,13H,3-9H2,1-2H3. The number of hydrogen-bond acceptors (Lipinski definition) is 4. The largest absolute Gasteiger partial charge is 0.377 e. The molecule has 17 heavy (non-hydrogen) atoms. The van der Waals surface area contributed by atoms with Gasteiger partial charge in [-0.15, -0.1) is 10.2 Å². The Balaban J connectivity index is 1.58. The molecule has 0 radical (unpaired) electrons. The van der Waals surface area contributed by atoms with Crippen molar-refractivity contribution in [3.8, 4) is 0 Å². The number of aromatic nitrogens is 3. The zero-order valence-electron chi connectivity index (χ0n) is 10.8. The number of aryl methyl sites for hydroxylation is 1. The summed E-state index contributed by atoms with van der Waals surface area (Å²) in [6, 6.07) is 0. The summed E-state index contributed by atoms with van der Waals surface area (Å²) in [6.07, 6.45) is 5.64. The van der Waals surface area contributed by atoms with Crippen LogP contribution in [0, 0.1) is 6.92 Å². The van der Waals surface area contributed by atoms with Crippen LogP contribution in [0.4, 0.5) is 0 Å². The lowest BCUT2D eigenvalue weighted by atomic mass is 10.3. The van der Waals surface area contributed by atoms with E-state index in [1.807, 2.05) is 18.5 Å². The molecule has 0 amide bonds. The molecule has 0 saturated heterocycles. The fourth-order valence-corrected chi connectivity index (χ4v) is 2.16. The van der Waals surface area contributed by atoms with E-state index in [9.17, 15) is 0 Å². The van der Waals surface area contributed by atoms with Crippen LogP contribution in [0.25, 0.3) is 0 Å². The van der Waals surface area contributed by atoms with Crippen molar-refractivity contribution in [1.82, 2.24) is 20.1 Å². The van der Waals surface area contributed by atoms with Crippen molar-refractivity contribution in [2.75, 3.05) is 13.2 Å². The first-order valence-electron chi connectivity index (χ1n) is 6.44. The molecule has 1 heterocycles. The highest BCUT2D eigenvalue weighted by Gasteiger charge is 2.14. The second kappa shape index (κ2) is 6.12. The highest BCUT2D eigenvalue weighted by molar-refractivity contribution is 4.91. The van der Waals surface area contributed by atoms with E-state index < -0.39 is 0 Å². The van der Waals surface area contributed by atoms with E-state index >= 15 is 0 Å². The molecule has 0 unspecified atom stereocenters. The average Bonchev–Trinajstić information content (AvgIpc) is 2.93. The predicted molar refractivity (Wildman–Crippen MR) is 65.7 cm³/mol. The Morgan fingerprint density at radius 2 is 2.12 bits per heavy atom. The molecule has 0 atom stereocenters. The average molecular weight is 238 g/mol. The van der Waals surface area contributed by atoms with Crippen LogP contribution in [0.15, 0.2) is 0 Å². The van der Waals surface area contributed by atoms with Gasteiger partial charge in [-0.25, -0.2) is 0 Å². The third kappa shape index (κ3) is 3.51. The summed E-state index contributed by atoms with van der Waals surface area (Å²) >= 11 is 0. The van der Waals surface area contributed by atoms with Crippen LogP contribution in [0.1, 0.15) is 37.3 Å². The van der Waals surface area contributed by atoms with Gasteiger partial charge in [0.2, 0.25) is 0 Å². The molecule has 1 saturated carbocycles. The number of rotatable bonds is 6. The van der Waals surface area contributed by atoms with Gasteiger partial charge in [0.15, 0.2) is 0 Å². The highest BCUT2D eigenvalue weighted by Crippen LogP contribution is 2.20. The number of ether oxygens (including phenoxy) is 1. The van der Waals surface area contributed by atoms with Crippen molar-refractivity contribution in [1.29, 1.82) is 0 Å². The highest BCUT2D eigenvalue weighted by atomic mass is 16.5. The van der Waals surface area contributed by atoms with Crippen molar-refractivity contribution < 1.29 is 4.74 Å². The molecular weight excluding hydrogens is 216 g/mol. The summed E-state index contributed by atoms with van der Waals surface area (Å²) in [4.78, 5) is 0. The van der Waals surface area contributed by atoms with Gasteiger partial charge in [0.1, 0.15) is 11.6 Å². The van der Waals surface area contributed by atoms with Crippen molar-refractivity contribution in [2.45, 2.75) is 45.3 Å². The second-order valence-electron chi connectivity index (χ2n) is 4.68. The molecule has 96 valence electrons. The molecule has 0 aromatic carbocycles. The molecule has 1 fully saturated rings. The molecule has 2 rings (SSSR count). The second-order valence-corrected chi connectivity index (χ2v) is 4.68. The van der Waals surface area contributed by atoms with Crippen LogP contribution in [0.3, 0.4) is 0 Å². The number of hydrogen-bond donors (Lipinski definition) is 1. The fourth-order valence-electron chi connectivity index (χ4n) is 2.16. The molecule has 1 aromatic heterocycles. The number of nitrogens with zero attached hydrogens (tertiary/aromatic N) is 3. The van der Waals surface area contributed by atoms with Crippen LogP contribution in [-0.2, 0) is 18.3 Å². The maximum atomic E-state index is 5.77. The minimum atomic E-state index is 0.508. The quantitative estimate of drug-likeness (QED) is 0.756. The SMILES string of the molecule is Cc1nnc(CNCCOC2CCCC2)n1C. The summed E-state index contributed by atoms with van der Waals surface area (Å²) < 4.78 is 7.78. The van der Waals surface area contributed by atoms with Crippen LogP contribution in [0.5, 0.6) is 0 Å². The van der Waals surface area contributed by atoms with Crippen LogP contribution in [0.2, 0.25) is 0 Å². The Labute approximate surface area is 103 Å². The van der Waals surface area contributed by atoms with E-state index in [0.29, 0.717) is 6.10 Å². The normalized spacial score (nSPS) is 16.8. The van der Waals surface area contributed by atoms with E-state index in [1.165, 1.54) is 25.7 Å². The van der Waals surface area contributed by atoms with Crippen molar-refractivity contribution in [3.05, 3.63) is 11.6 Å². The van der Waals surface area contributed by atoms with E-state index in [1.54, 1.807) is 0 Å². The van der Waals surface area contributed by atoms with Crippen LogP contribution < -0.4 is 5.32 Å². The van der Waals surface area contributed by atoms with Gasteiger partial charge in [0.25, 0.3) is 0 Å². The maximum absolute atomic E-state index is 5.77. The topological polar surface area (TPSA) is 52.0 Å². The molecule has 1 N–H and O–H groups in total. The van der Waals surface area contributed by atoms with E-state index in [4.69, 9.17) is 4.74 Å². The minimum absolute atomic E-state index is 0.508. The van der Waals surface area contributed by atoms with Crippen molar-refractivity contribution in [3.63, 3.8) is 0 Å². The monoisotopic (exact) mass is 238 g/mol. The molecule has 1 aromatic rings. The maximum Gasteiger partial charge on any atom is 0.146 e. The molecule has 0 bridgehead atoms. The molecular formula is C12H22N4O. The molecule has 1 aliphatic rings. The Morgan fingerprint density at radius 3 is 2.76 bits per heavy atom. The third-order valence-corrected chi connectivity index (χ3v) is 3.40. The van der Waals surface area contributed by atoms with Crippen LogP contribution in [-0.4, -0.2) is 34.0 Å². The van der Waals surface area contributed by atoms with E-state index in [2.05, 4.69) is 15.5 Å². The summed E-state index contributed by atoms with van der Waals surface area (Å²) in [7, 11) is 1.99. The Kier molecular flexibility index (Phi) is 4.50. The summed E-state index contributed by atoms with van der Waals surface area (Å²) in [5.41, 5.74) is 0. The van der Waals surface area contributed by atoms with Gasteiger partial charge in [-0.3, -0.25) is 0 Å². The minimum Gasteiger partial charge on any atom is -0.377 e. The lowest BCUT2D eigenvalue weighted by molar-refractivity contribution is 0.0602. The summed E-state index contributed by atoms with van der Waals surface area (Å²) in [5.74, 6) is 1.92. The molecule has 5 heteroatoms. The summed E-state index contributed by atoms with van der Waals surface area (Å²) in [5, 5.41) is 11.5. The Morgan fingerprint density at radius 1 is 1.35 bits per heavy atom. The number of nitrogens with one attached hydrogen (secondary N) is 1. The molecule has 5 nitrogen and oxygen atoms in total. The Bertz CT molecular complexity index is 344. The van der Waals surface area contributed by atoms with Crippen LogP contribution >= 0.6 is 0 Å². The zero-order chi connectivity index (χ0) is 12.1. The fraction of sp³-hybridized carbons (Fsp3) is 0.833. The molecule has 0 spiro atoms. The van der Waals surface area contributed by atoms with Crippen molar-refractivity contribution in [2.24, 2.45) is 7.05 Å². The van der Waals surface area contributed by atoms with Gasteiger partial charge in [-0.2, -0.15) is 0 Å². The van der Waals surface area contributed by atoms with Gasteiger partial charge in [-0.05, 0) is 19.8 Å². The third-order valence-electron chi connectivity index (χ3n) is 3.40. The first-order valence-corrected chi connectivity index (χ1v) is 6.44. The van der Waals surface area contributed by atoms with Crippen molar-refractivity contribution >= 4 is 0 Å². The van der Waals surface area contributed by atoms with Gasteiger partial charge < -0.3 is 14.6 Å². The first kappa shape index (κ1) is 12.5. The predicted octanol–water partition coefficient (Wildman–Crippen LogP) is 1.17. The van der Waals surface area contributed by atoms with E-state index in [-0.39, 0.29) is 0 Å². The van der Waals surface area contributed by atoms with Gasteiger partial charge in [-0.1, -0.05) is 12.8 Å². The van der Waals surface area contributed by atoms with Gasteiger partial charge >= 0.3 is 0 Å². The molecule has 1 aliphatic carbocycles. The smallest absolute Gasteiger partial charge is 0.146 e. The zero-order valence-corrected chi connectivity index (χ0v) is 10.8. The Hall–Kier alpha value is -0.940.